The lowest BCUT2D eigenvalue weighted by molar-refractivity contribution is -0.114. The molecule has 32 heavy (non-hydrogen) atoms. The van der Waals surface area contributed by atoms with Crippen LogP contribution >= 0.6 is 0 Å². The number of nitrogens with one attached hydrogen (secondary N) is 1. The van der Waals surface area contributed by atoms with Crippen molar-refractivity contribution in [3.8, 4) is 0 Å². The number of aromatic amines is 1. The second-order valence-electron chi connectivity index (χ2n) is 7.40. The molecule has 2 aromatic rings. The number of nitrogen functional groups attached to an aromatic ring is 1. The summed E-state index contributed by atoms with van der Waals surface area (Å²) >= 11 is 0. The highest BCUT2D eigenvalue weighted by atomic mass is 19.4. The van der Waals surface area contributed by atoms with Crippen LogP contribution in [-0.2, 0) is 16.1 Å². The maximum absolute atomic E-state index is 13.7. The SMILES string of the molecule is COCCN(C(=O)/C=C(/c1ccccc1)C(F)(F)F)c1c(N)n(CC(C)C)c(=O)[nH]c1=O. The van der Waals surface area contributed by atoms with Crippen LogP contribution in [0, 0.1) is 5.92 Å². The molecule has 0 aliphatic rings. The third kappa shape index (κ3) is 5.88. The number of anilines is 2. The van der Waals surface area contributed by atoms with Crippen molar-refractivity contribution in [2.45, 2.75) is 26.6 Å². The Hall–Kier alpha value is -3.34. The predicted octanol–water partition coefficient (Wildman–Crippen LogP) is 2.40. The highest BCUT2D eigenvalue weighted by molar-refractivity contribution is 6.07. The molecule has 8 nitrogen and oxygen atoms in total. The summed E-state index contributed by atoms with van der Waals surface area (Å²) in [4.78, 5) is 40.6. The molecule has 0 saturated carbocycles. The van der Waals surface area contributed by atoms with Crippen molar-refractivity contribution < 1.29 is 22.7 Å². The molecular weight excluding hydrogens is 429 g/mol. The van der Waals surface area contributed by atoms with E-state index >= 15 is 0 Å². The summed E-state index contributed by atoms with van der Waals surface area (Å²) in [5.41, 5.74) is 2.45. The molecule has 0 atom stereocenters. The number of halogens is 3. The second-order valence-corrected chi connectivity index (χ2v) is 7.40. The first-order valence-corrected chi connectivity index (χ1v) is 9.74. The largest absolute Gasteiger partial charge is 0.417 e. The third-order valence-electron chi connectivity index (χ3n) is 4.47. The number of allylic oxidation sites excluding steroid dienone is 1. The first kappa shape index (κ1) is 24.9. The van der Waals surface area contributed by atoms with Gasteiger partial charge in [-0.25, -0.2) is 4.79 Å². The zero-order valence-electron chi connectivity index (χ0n) is 17.9. The summed E-state index contributed by atoms with van der Waals surface area (Å²) in [6, 6.07) is 6.80. The number of ether oxygens (including phenoxy) is 1. The average Bonchev–Trinajstić information content (AvgIpc) is 2.71. The highest BCUT2D eigenvalue weighted by Gasteiger charge is 2.36. The Morgan fingerprint density at radius 1 is 1.25 bits per heavy atom. The van der Waals surface area contributed by atoms with E-state index in [0.29, 0.717) is 6.08 Å². The topological polar surface area (TPSA) is 110 Å². The van der Waals surface area contributed by atoms with Gasteiger partial charge in [0.2, 0.25) is 0 Å². The lowest BCUT2D eigenvalue weighted by atomic mass is 10.0. The Morgan fingerprint density at radius 3 is 2.41 bits per heavy atom. The van der Waals surface area contributed by atoms with Gasteiger partial charge < -0.3 is 10.5 Å². The van der Waals surface area contributed by atoms with Crippen LogP contribution in [0.4, 0.5) is 24.7 Å². The monoisotopic (exact) mass is 454 g/mol. The number of H-pyrrole nitrogens is 1. The number of alkyl halides is 3. The molecule has 0 radical (unpaired) electrons. The van der Waals surface area contributed by atoms with E-state index in [1.54, 1.807) is 6.07 Å². The summed E-state index contributed by atoms with van der Waals surface area (Å²) in [6.07, 6.45) is -4.43. The van der Waals surface area contributed by atoms with E-state index in [1.165, 1.54) is 31.4 Å². The number of nitrogens with two attached hydrogens (primary N) is 1. The van der Waals surface area contributed by atoms with E-state index in [9.17, 15) is 27.6 Å². The van der Waals surface area contributed by atoms with Gasteiger partial charge in [0.15, 0.2) is 5.69 Å². The van der Waals surface area contributed by atoms with Crippen molar-refractivity contribution >= 4 is 23.0 Å². The van der Waals surface area contributed by atoms with Gasteiger partial charge in [0.25, 0.3) is 11.5 Å². The van der Waals surface area contributed by atoms with Gasteiger partial charge in [-0.1, -0.05) is 44.2 Å². The Balaban J connectivity index is 2.66. The Labute approximate surface area is 182 Å². The lowest BCUT2D eigenvalue weighted by Crippen LogP contribution is -2.42. The lowest BCUT2D eigenvalue weighted by Gasteiger charge is -2.24. The number of methoxy groups -OCH3 is 1. The van der Waals surface area contributed by atoms with E-state index in [4.69, 9.17) is 10.5 Å². The Bertz CT molecular complexity index is 1090. The van der Waals surface area contributed by atoms with Crippen LogP contribution in [0.1, 0.15) is 19.4 Å². The normalized spacial score (nSPS) is 12.3. The van der Waals surface area contributed by atoms with E-state index in [2.05, 4.69) is 4.98 Å². The molecule has 11 heteroatoms. The van der Waals surface area contributed by atoms with Crippen molar-refractivity contribution in [2.75, 3.05) is 30.9 Å². The quantitative estimate of drug-likeness (QED) is 0.595. The van der Waals surface area contributed by atoms with E-state index < -0.39 is 34.6 Å². The van der Waals surface area contributed by atoms with E-state index in [-0.39, 0.29) is 37.0 Å². The number of nitrogens with zero attached hydrogens (tertiary/aromatic N) is 2. The number of carbonyl (C=O) groups is 1. The molecule has 174 valence electrons. The zero-order valence-corrected chi connectivity index (χ0v) is 17.9. The van der Waals surface area contributed by atoms with Gasteiger partial charge in [0.05, 0.1) is 12.2 Å². The van der Waals surface area contributed by atoms with Crippen LogP contribution in [0.5, 0.6) is 0 Å². The molecule has 1 heterocycles. The number of benzene rings is 1. The number of hydrogen-bond acceptors (Lipinski definition) is 5. The highest BCUT2D eigenvalue weighted by Crippen LogP contribution is 2.34. The van der Waals surface area contributed by atoms with Gasteiger partial charge in [-0.15, -0.1) is 0 Å². The number of aromatic nitrogens is 2. The van der Waals surface area contributed by atoms with Crippen LogP contribution in [0.3, 0.4) is 0 Å². The molecule has 0 aliphatic carbocycles. The van der Waals surface area contributed by atoms with Gasteiger partial charge in [0, 0.05) is 26.3 Å². The van der Waals surface area contributed by atoms with Crippen molar-refractivity contribution in [3.05, 3.63) is 62.8 Å². The van der Waals surface area contributed by atoms with Gasteiger partial charge in [-0.3, -0.25) is 24.0 Å². The van der Waals surface area contributed by atoms with Gasteiger partial charge >= 0.3 is 11.9 Å². The van der Waals surface area contributed by atoms with Crippen molar-refractivity contribution in [3.63, 3.8) is 0 Å². The standard InChI is InChI=1S/C21H25F3N4O4/c1-13(2)12-28-18(25)17(19(30)26-20(28)31)27(9-10-32-3)16(29)11-15(21(22,23)24)14-7-5-4-6-8-14/h4-8,11,13H,9-10,12,25H2,1-3H3,(H,26,30,31)/b15-11-. The number of hydrogen-bond donors (Lipinski definition) is 2. The Morgan fingerprint density at radius 2 is 1.88 bits per heavy atom. The van der Waals surface area contributed by atoms with E-state index in [0.717, 1.165) is 9.47 Å². The molecule has 2 rings (SSSR count). The molecular formula is C21H25F3N4O4. The van der Waals surface area contributed by atoms with Crippen molar-refractivity contribution in [1.29, 1.82) is 0 Å². The van der Waals surface area contributed by atoms with E-state index in [1.807, 2.05) is 13.8 Å². The molecule has 3 N–H and O–H groups in total. The van der Waals surface area contributed by atoms with Crippen LogP contribution in [0.15, 0.2) is 46.0 Å². The summed E-state index contributed by atoms with van der Waals surface area (Å²) in [5.74, 6) is -1.49. The molecule has 0 saturated heterocycles. The molecule has 1 amide bonds. The van der Waals surface area contributed by atoms with Crippen LogP contribution < -0.4 is 21.9 Å². The fourth-order valence-electron chi connectivity index (χ4n) is 3.05. The summed E-state index contributed by atoms with van der Waals surface area (Å²) in [7, 11) is 1.33. The average molecular weight is 454 g/mol. The fourth-order valence-corrected chi connectivity index (χ4v) is 3.05. The van der Waals surface area contributed by atoms with Crippen molar-refractivity contribution in [1.82, 2.24) is 9.55 Å². The minimum absolute atomic E-state index is 0.0355. The van der Waals surface area contributed by atoms with Crippen LogP contribution in [-0.4, -0.2) is 41.9 Å². The van der Waals surface area contributed by atoms with Crippen LogP contribution in [0.2, 0.25) is 0 Å². The van der Waals surface area contributed by atoms with Gasteiger partial charge in [-0.2, -0.15) is 13.2 Å². The summed E-state index contributed by atoms with van der Waals surface area (Å²) in [5, 5.41) is 0. The Kier molecular flexibility index (Phi) is 8.03. The predicted molar refractivity (Wildman–Crippen MR) is 115 cm³/mol. The molecule has 1 aromatic carbocycles. The zero-order chi connectivity index (χ0) is 24.1. The second kappa shape index (κ2) is 10.3. The molecule has 0 bridgehead atoms. The molecule has 0 aliphatic heterocycles. The minimum Gasteiger partial charge on any atom is -0.383 e. The number of amides is 1. The summed E-state index contributed by atoms with van der Waals surface area (Å²) in [6.45, 7) is 3.40. The number of carbonyl (C=O) groups excluding carboxylic acids is 1. The molecule has 0 spiro atoms. The third-order valence-corrected chi connectivity index (χ3v) is 4.47. The first-order valence-electron chi connectivity index (χ1n) is 9.74. The molecule has 0 unspecified atom stereocenters. The smallest absolute Gasteiger partial charge is 0.383 e. The van der Waals surface area contributed by atoms with Crippen molar-refractivity contribution in [2.24, 2.45) is 5.92 Å². The number of rotatable bonds is 8. The maximum Gasteiger partial charge on any atom is 0.417 e. The van der Waals surface area contributed by atoms with Gasteiger partial charge in [-0.05, 0) is 11.5 Å². The first-order chi connectivity index (χ1) is 15.0. The maximum atomic E-state index is 13.7. The minimum atomic E-state index is -4.83. The van der Waals surface area contributed by atoms with Crippen LogP contribution in [0.25, 0.3) is 5.57 Å². The molecule has 1 aromatic heterocycles. The van der Waals surface area contributed by atoms with Gasteiger partial charge in [0.1, 0.15) is 5.82 Å². The molecule has 0 fully saturated rings. The summed E-state index contributed by atoms with van der Waals surface area (Å²) < 4.78 is 47.1. The fraction of sp³-hybridized carbons (Fsp3) is 0.381.